The SMILES string of the molecule is CCCC/C(C)=C/C=C(\C)C(=O)c1c(O)cc(C(C)CC/C=C/C(=O)Cl)oc1=O. The van der Waals surface area contributed by atoms with E-state index in [0.29, 0.717) is 18.4 Å². The number of hydrogen-bond acceptors (Lipinski definition) is 5. The van der Waals surface area contributed by atoms with E-state index >= 15 is 0 Å². The molecule has 0 amide bonds. The number of allylic oxidation sites excluding steroid dienone is 6. The summed E-state index contributed by atoms with van der Waals surface area (Å²) < 4.78 is 5.28. The molecule has 0 fully saturated rings. The van der Waals surface area contributed by atoms with Crippen LogP contribution in [-0.2, 0) is 4.79 Å². The summed E-state index contributed by atoms with van der Waals surface area (Å²) in [4.78, 5) is 35.6. The summed E-state index contributed by atoms with van der Waals surface area (Å²) in [5.41, 5.74) is 0.272. The molecule has 1 unspecified atom stereocenters. The average Bonchev–Trinajstić information content (AvgIpc) is 2.66. The Morgan fingerprint density at radius 1 is 1.28 bits per heavy atom. The zero-order chi connectivity index (χ0) is 22.0. The highest BCUT2D eigenvalue weighted by Crippen LogP contribution is 2.26. The first-order valence-corrected chi connectivity index (χ1v) is 10.2. The molecule has 1 aromatic heterocycles. The van der Waals surface area contributed by atoms with Gasteiger partial charge in [0.25, 0.3) is 0 Å². The maximum absolute atomic E-state index is 12.6. The quantitative estimate of drug-likeness (QED) is 0.211. The third-order valence-corrected chi connectivity index (χ3v) is 4.70. The first-order chi connectivity index (χ1) is 13.7. The molecule has 0 aliphatic carbocycles. The molecule has 0 saturated carbocycles. The van der Waals surface area contributed by atoms with E-state index in [9.17, 15) is 19.5 Å². The van der Waals surface area contributed by atoms with Gasteiger partial charge < -0.3 is 9.52 Å². The molecule has 0 bridgehead atoms. The molecular formula is C23H29ClO5. The summed E-state index contributed by atoms with van der Waals surface area (Å²) in [6.07, 6.45) is 10.7. The van der Waals surface area contributed by atoms with E-state index in [1.165, 1.54) is 12.1 Å². The van der Waals surface area contributed by atoms with Gasteiger partial charge in [0.2, 0.25) is 5.24 Å². The second-order valence-electron chi connectivity index (χ2n) is 7.18. The van der Waals surface area contributed by atoms with Crippen molar-refractivity contribution in [2.75, 3.05) is 0 Å². The van der Waals surface area contributed by atoms with Gasteiger partial charge >= 0.3 is 5.63 Å². The number of hydrogen-bond donors (Lipinski definition) is 1. The summed E-state index contributed by atoms with van der Waals surface area (Å²) in [6.45, 7) is 7.53. The largest absolute Gasteiger partial charge is 0.507 e. The number of halogens is 1. The molecule has 1 rings (SSSR count). The van der Waals surface area contributed by atoms with Crippen LogP contribution in [0.3, 0.4) is 0 Å². The summed E-state index contributed by atoms with van der Waals surface area (Å²) >= 11 is 5.23. The van der Waals surface area contributed by atoms with Gasteiger partial charge in [0, 0.05) is 12.0 Å². The fourth-order valence-corrected chi connectivity index (χ4v) is 2.78. The van der Waals surface area contributed by atoms with Gasteiger partial charge in [-0.15, -0.1) is 0 Å². The molecule has 0 aliphatic rings. The van der Waals surface area contributed by atoms with Crippen LogP contribution < -0.4 is 5.63 Å². The number of ketones is 1. The zero-order valence-corrected chi connectivity index (χ0v) is 18.2. The van der Waals surface area contributed by atoms with Crippen LogP contribution in [0, 0.1) is 0 Å². The van der Waals surface area contributed by atoms with Crippen LogP contribution in [0.1, 0.15) is 81.8 Å². The standard InChI is InChI=1S/C23H29ClO5/c1-5-6-9-15(2)12-13-17(4)22(27)21-18(25)14-19(29-23(21)28)16(3)10-7-8-11-20(24)26/h8,11-14,16,25H,5-7,9-10H2,1-4H3/b11-8+,15-12+,17-13+. The van der Waals surface area contributed by atoms with Gasteiger partial charge in [0.05, 0.1) is 0 Å². The molecule has 0 spiro atoms. The molecule has 5 nitrogen and oxygen atoms in total. The molecule has 29 heavy (non-hydrogen) atoms. The normalized spacial score (nSPS) is 13.7. The first-order valence-electron chi connectivity index (χ1n) is 9.79. The number of carbonyl (C=O) groups excluding carboxylic acids is 2. The van der Waals surface area contributed by atoms with Crippen molar-refractivity contribution >= 4 is 22.6 Å². The van der Waals surface area contributed by atoms with Gasteiger partial charge in [-0.3, -0.25) is 9.59 Å². The Morgan fingerprint density at radius 2 is 1.97 bits per heavy atom. The van der Waals surface area contributed by atoms with Crippen molar-refractivity contribution in [1.29, 1.82) is 0 Å². The number of unbranched alkanes of at least 4 members (excludes halogenated alkanes) is 1. The minimum atomic E-state index is -0.859. The minimum absolute atomic E-state index is 0.186. The van der Waals surface area contributed by atoms with Gasteiger partial charge in [-0.1, -0.05) is 44.1 Å². The maximum atomic E-state index is 12.6. The lowest BCUT2D eigenvalue weighted by molar-refractivity contribution is -0.107. The van der Waals surface area contributed by atoms with Crippen molar-refractivity contribution in [3.05, 3.63) is 63.3 Å². The number of carbonyl (C=O) groups is 2. The summed E-state index contributed by atoms with van der Waals surface area (Å²) in [6, 6.07) is 1.31. The highest BCUT2D eigenvalue weighted by atomic mass is 35.5. The summed E-state index contributed by atoms with van der Waals surface area (Å²) in [5, 5.41) is 9.73. The van der Waals surface area contributed by atoms with Gasteiger partial charge in [0.1, 0.15) is 17.1 Å². The van der Waals surface area contributed by atoms with Crippen molar-refractivity contribution in [1.82, 2.24) is 0 Å². The third kappa shape index (κ3) is 8.24. The number of rotatable bonds is 11. The fourth-order valence-electron chi connectivity index (χ4n) is 2.69. The van der Waals surface area contributed by atoms with Crippen molar-refractivity contribution in [3.63, 3.8) is 0 Å². The van der Waals surface area contributed by atoms with Gasteiger partial charge in [-0.2, -0.15) is 0 Å². The predicted octanol–water partition coefficient (Wildman–Crippen LogP) is 5.82. The third-order valence-electron chi connectivity index (χ3n) is 4.58. The highest BCUT2D eigenvalue weighted by molar-refractivity contribution is 6.66. The second kappa shape index (κ2) is 12.2. The molecule has 1 N–H and O–H groups in total. The van der Waals surface area contributed by atoms with E-state index in [1.54, 1.807) is 19.1 Å². The number of Topliss-reactive ketones (excluding diaryl/α,β-unsaturated/α-hetero) is 1. The zero-order valence-electron chi connectivity index (χ0n) is 17.5. The van der Waals surface area contributed by atoms with E-state index in [4.69, 9.17) is 16.0 Å². The lowest BCUT2D eigenvalue weighted by Crippen LogP contribution is -2.16. The molecule has 1 atom stereocenters. The molecular weight excluding hydrogens is 392 g/mol. The molecule has 158 valence electrons. The topological polar surface area (TPSA) is 84.6 Å². The van der Waals surface area contributed by atoms with Crippen LogP contribution in [-0.4, -0.2) is 16.1 Å². The first kappa shape index (κ1) is 24.6. The van der Waals surface area contributed by atoms with Crippen molar-refractivity contribution in [2.45, 2.75) is 65.7 Å². The van der Waals surface area contributed by atoms with Crippen molar-refractivity contribution < 1.29 is 19.1 Å². The van der Waals surface area contributed by atoms with Gasteiger partial charge in [-0.05, 0) is 62.8 Å². The van der Waals surface area contributed by atoms with Crippen LogP contribution >= 0.6 is 11.6 Å². The summed E-state index contributed by atoms with van der Waals surface area (Å²) in [7, 11) is 0. The Hall–Kier alpha value is -2.40. The Morgan fingerprint density at radius 3 is 2.55 bits per heavy atom. The van der Waals surface area contributed by atoms with Gasteiger partial charge in [-0.25, -0.2) is 4.79 Å². The molecule has 6 heteroatoms. The molecule has 1 heterocycles. The predicted molar refractivity (Wildman–Crippen MR) is 116 cm³/mol. The van der Waals surface area contributed by atoms with E-state index in [2.05, 4.69) is 6.92 Å². The van der Waals surface area contributed by atoms with E-state index in [1.807, 2.05) is 19.9 Å². The Labute approximate surface area is 176 Å². The average molecular weight is 421 g/mol. The van der Waals surface area contributed by atoms with Crippen LogP contribution in [0.15, 0.2) is 50.7 Å². The monoisotopic (exact) mass is 420 g/mol. The molecule has 0 aliphatic heterocycles. The van der Waals surface area contributed by atoms with Crippen molar-refractivity contribution in [3.8, 4) is 5.75 Å². The Kier molecular flexibility index (Phi) is 10.4. The molecule has 0 aromatic carbocycles. The van der Waals surface area contributed by atoms with Crippen LogP contribution in [0.25, 0.3) is 0 Å². The second-order valence-corrected chi connectivity index (χ2v) is 7.55. The molecule has 1 aromatic rings. The minimum Gasteiger partial charge on any atom is -0.507 e. The van der Waals surface area contributed by atoms with E-state index in [0.717, 1.165) is 24.8 Å². The van der Waals surface area contributed by atoms with Gasteiger partial charge in [0.15, 0.2) is 5.78 Å². The fraction of sp³-hybridized carbons (Fsp3) is 0.435. The smallest absolute Gasteiger partial charge is 0.351 e. The van der Waals surface area contributed by atoms with Crippen molar-refractivity contribution in [2.24, 2.45) is 0 Å². The number of aromatic hydroxyl groups is 1. The molecule has 0 radical (unpaired) electrons. The van der Waals surface area contributed by atoms with Crippen LogP contribution in [0.2, 0.25) is 0 Å². The van der Waals surface area contributed by atoms with E-state index in [-0.39, 0.29) is 23.0 Å². The maximum Gasteiger partial charge on any atom is 0.351 e. The lowest BCUT2D eigenvalue weighted by Gasteiger charge is -2.11. The Bertz CT molecular complexity index is 874. The van der Waals surface area contributed by atoms with Crippen LogP contribution in [0.4, 0.5) is 0 Å². The van der Waals surface area contributed by atoms with Crippen LogP contribution in [0.5, 0.6) is 5.75 Å². The highest BCUT2D eigenvalue weighted by Gasteiger charge is 2.21. The summed E-state index contributed by atoms with van der Waals surface area (Å²) in [5.74, 6) is -0.849. The molecule has 0 saturated heterocycles. The lowest BCUT2D eigenvalue weighted by atomic mass is 9.99. The van der Waals surface area contributed by atoms with E-state index < -0.39 is 16.7 Å². The Balaban J connectivity index is 2.97.